The number of hydrogen-bond donors (Lipinski definition) is 0. The quantitative estimate of drug-likeness (QED) is 0.519. The van der Waals surface area contributed by atoms with Crippen molar-refractivity contribution in [2.45, 2.75) is 58.0 Å². The van der Waals surface area contributed by atoms with E-state index in [4.69, 9.17) is 4.74 Å². The van der Waals surface area contributed by atoms with Crippen LogP contribution in [0.25, 0.3) is 0 Å². The second kappa shape index (κ2) is 7.04. The lowest BCUT2D eigenvalue weighted by Crippen LogP contribution is -2.07. The summed E-state index contributed by atoms with van der Waals surface area (Å²) in [7, 11) is 0. The minimum absolute atomic E-state index is 0.0121. The summed E-state index contributed by atoms with van der Waals surface area (Å²) in [6.45, 7) is 2.22. The summed E-state index contributed by atoms with van der Waals surface area (Å²) in [4.78, 5) is 11.0. The highest BCUT2D eigenvalue weighted by Crippen LogP contribution is 2.22. The predicted octanol–water partition coefficient (Wildman–Crippen LogP) is 3.94. The summed E-state index contributed by atoms with van der Waals surface area (Å²) < 4.78 is 5.70. The average molecular weight is 275 g/mol. The van der Waals surface area contributed by atoms with Gasteiger partial charge in [0.15, 0.2) is 0 Å². The fraction of sp³-hybridized carbons (Fsp3) is 0.750. The molecule has 0 aromatic carbocycles. The van der Waals surface area contributed by atoms with Crippen LogP contribution in [0.2, 0.25) is 0 Å². The van der Waals surface area contributed by atoms with Crippen molar-refractivity contribution in [2.75, 3.05) is 0 Å². The van der Waals surface area contributed by atoms with E-state index < -0.39 is 0 Å². The Hall–Kier alpha value is -0.310. The van der Waals surface area contributed by atoms with Gasteiger partial charge in [-0.15, -0.1) is 0 Å². The maximum Gasteiger partial charge on any atom is 0.345 e. The SMILES string of the molecule is CCCCCCCC[C@@H]1C=C(Br)C(=O)O1. The Morgan fingerprint density at radius 1 is 1.27 bits per heavy atom. The van der Waals surface area contributed by atoms with E-state index in [0.717, 1.165) is 12.8 Å². The average Bonchev–Trinajstić information content (AvgIpc) is 2.52. The number of halogens is 1. The van der Waals surface area contributed by atoms with Crippen LogP contribution < -0.4 is 0 Å². The molecule has 0 radical (unpaired) electrons. The van der Waals surface area contributed by atoms with Gasteiger partial charge in [-0.25, -0.2) is 4.79 Å². The summed E-state index contributed by atoms with van der Waals surface area (Å²) in [5, 5.41) is 0. The number of carbonyl (C=O) groups excluding carboxylic acids is 1. The van der Waals surface area contributed by atoms with Gasteiger partial charge < -0.3 is 4.74 Å². The maximum atomic E-state index is 11.0. The summed E-state index contributed by atoms with van der Waals surface area (Å²) in [5.74, 6) is -0.217. The standard InChI is InChI=1S/C12H19BrO2/c1-2-3-4-5-6-7-8-10-9-11(13)12(14)15-10/h9-10H,2-8H2,1H3/t10-/m1/s1. The Bertz CT molecular complexity index is 236. The van der Waals surface area contributed by atoms with E-state index in [2.05, 4.69) is 22.9 Å². The lowest BCUT2D eigenvalue weighted by Gasteiger charge is -2.07. The van der Waals surface area contributed by atoms with Gasteiger partial charge in [-0.3, -0.25) is 0 Å². The van der Waals surface area contributed by atoms with Gasteiger partial charge in [0.25, 0.3) is 0 Å². The van der Waals surface area contributed by atoms with Crippen LogP contribution in [0.5, 0.6) is 0 Å². The van der Waals surface area contributed by atoms with E-state index in [1.54, 1.807) is 0 Å². The molecular weight excluding hydrogens is 256 g/mol. The van der Waals surface area contributed by atoms with E-state index in [1.807, 2.05) is 6.08 Å². The Kier molecular flexibility index (Phi) is 5.99. The van der Waals surface area contributed by atoms with Crippen molar-refractivity contribution in [1.29, 1.82) is 0 Å². The van der Waals surface area contributed by atoms with Gasteiger partial charge in [-0.05, 0) is 34.8 Å². The van der Waals surface area contributed by atoms with Crippen molar-refractivity contribution < 1.29 is 9.53 Å². The third-order valence-electron chi connectivity index (χ3n) is 2.63. The van der Waals surface area contributed by atoms with Crippen LogP contribution in [0, 0.1) is 0 Å². The molecule has 15 heavy (non-hydrogen) atoms. The topological polar surface area (TPSA) is 26.3 Å². The van der Waals surface area contributed by atoms with Crippen molar-refractivity contribution in [2.24, 2.45) is 0 Å². The molecule has 86 valence electrons. The van der Waals surface area contributed by atoms with E-state index in [1.165, 1.54) is 32.1 Å². The molecule has 0 saturated carbocycles. The molecule has 1 rings (SSSR count). The Morgan fingerprint density at radius 2 is 1.93 bits per heavy atom. The zero-order valence-corrected chi connectivity index (χ0v) is 10.9. The van der Waals surface area contributed by atoms with Crippen molar-refractivity contribution in [1.82, 2.24) is 0 Å². The lowest BCUT2D eigenvalue weighted by molar-refractivity contribution is -0.139. The first kappa shape index (κ1) is 12.8. The minimum atomic E-state index is -0.217. The predicted molar refractivity (Wildman–Crippen MR) is 64.9 cm³/mol. The van der Waals surface area contributed by atoms with Gasteiger partial charge in [0.05, 0.1) is 0 Å². The Labute approximate surface area is 100 Å². The first-order valence-electron chi connectivity index (χ1n) is 5.82. The van der Waals surface area contributed by atoms with E-state index >= 15 is 0 Å². The molecule has 0 aromatic heterocycles. The monoisotopic (exact) mass is 274 g/mol. The number of rotatable bonds is 7. The molecule has 0 unspecified atom stereocenters. The number of cyclic esters (lactones) is 1. The molecule has 0 aliphatic carbocycles. The smallest absolute Gasteiger partial charge is 0.345 e. The van der Waals surface area contributed by atoms with Crippen LogP contribution in [0.1, 0.15) is 51.9 Å². The first-order valence-corrected chi connectivity index (χ1v) is 6.61. The highest BCUT2D eigenvalue weighted by Gasteiger charge is 2.22. The zero-order chi connectivity index (χ0) is 11.1. The van der Waals surface area contributed by atoms with E-state index in [0.29, 0.717) is 4.48 Å². The van der Waals surface area contributed by atoms with Crippen molar-refractivity contribution in [3.05, 3.63) is 10.6 Å². The molecule has 0 aromatic rings. The van der Waals surface area contributed by atoms with Gasteiger partial charge in [0.2, 0.25) is 0 Å². The Balaban J connectivity index is 2.00. The van der Waals surface area contributed by atoms with Crippen molar-refractivity contribution >= 4 is 21.9 Å². The number of ether oxygens (including phenoxy) is 1. The zero-order valence-electron chi connectivity index (χ0n) is 9.30. The molecule has 0 amide bonds. The number of hydrogen-bond acceptors (Lipinski definition) is 2. The molecule has 0 spiro atoms. The van der Waals surface area contributed by atoms with E-state index in [-0.39, 0.29) is 12.1 Å². The largest absolute Gasteiger partial charge is 0.454 e. The maximum absolute atomic E-state index is 11.0. The highest BCUT2D eigenvalue weighted by molar-refractivity contribution is 9.12. The molecule has 0 bridgehead atoms. The van der Waals surface area contributed by atoms with Crippen molar-refractivity contribution in [3.8, 4) is 0 Å². The third kappa shape index (κ3) is 4.83. The van der Waals surface area contributed by atoms with Crippen molar-refractivity contribution in [3.63, 3.8) is 0 Å². The highest BCUT2D eigenvalue weighted by atomic mass is 79.9. The normalized spacial score (nSPS) is 20.3. The number of carbonyl (C=O) groups is 1. The molecule has 1 aliphatic rings. The molecule has 0 fully saturated rings. The van der Waals surface area contributed by atoms with Crippen LogP contribution in [0.4, 0.5) is 0 Å². The molecule has 2 nitrogen and oxygen atoms in total. The summed E-state index contributed by atoms with van der Waals surface area (Å²) in [5.41, 5.74) is 0. The second-order valence-electron chi connectivity index (χ2n) is 4.01. The Morgan fingerprint density at radius 3 is 2.53 bits per heavy atom. The van der Waals surface area contributed by atoms with Gasteiger partial charge in [0, 0.05) is 0 Å². The molecule has 1 heterocycles. The van der Waals surface area contributed by atoms with Crippen LogP contribution in [0.15, 0.2) is 10.6 Å². The minimum Gasteiger partial charge on any atom is -0.454 e. The molecule has 3 heteroatoms. The summed E-state index contributed by atoms with van der Waals surface area (Å²) in [6, 6.07) is 0. The van der Waals surface area contributed by atoms with Gasteiger partial charge in [-0.2, -0.15) is 0 Å². The van der Waals surface area contributed by atoms with Gasteiger partial charge in [-0.1, -0.05) is 39.0 Å². The fourth-order valence-electron chi connectivity index (χ4n) is 1.73. The third-order valence-corrected chi connectivity index (χ3v) is 3.22. The van der Waals surface area contributed by atoms with Gasteiger partial charge in [0.1, 0.15) is 10.6 Å². The second-order valence-corrected chi connectivity index (χ2v) is 4.87. The van der Waals surface area contributed by atoms with Crippen LogP contribution >= 0.6 is 15.9 Å². The van der Waals surface area contributed by atoms with E-state index in [9.17, 15) is 4.79 Å². The molecule has 1 atom stereocenters. The lowest BCUT2D eigenvalue weighted by atomic mass is 10.1. The summed E-state index contributed by atoms with van der Waals surface area (Å²) in [6.07, 6.45) is 10.5. The number of esters is 1. The molecule has 0 N–H and O–H groups in total. The molecule has 1 aliphatic heterocycles. The van der Waals surface area contributed by atoms with Gasteiger partial charge >= 0.3 is 5.97 Å². The van der Waals surface area contributed by atoms with Crippen LogP contribution in [0.3, 0.4) is 0 Å². The first-order chi connectivity index (χ1) is 7.24. The molecular formula is C12H19BrO2. The summed E-state index contributed by atoms with van der Waals surface area (Å²) >= 11 is 3.17. The fourth-order valence-corrected chi connectivity index (χ4v) is 2.12. The number of unbranched alkanes of at least 4 members (excludes halogenated alkanes) is 5. The van der Waals surface area contributed by atoms with Crippen LogP contribution in [-0.4, -0.2) is 12.1 Å². The van der Waals surface area contributed by atoms with Crippen LogP contribution in [-0.2, 0) is 9.53 Å². The molecule has 0 saturated heterocycles.